The van der Waals surface area contributed by atoms with E-state index < -0.39 is 6.08 Å². The van der Waals surface area contributed by atoms with E-state index in [0.717, 1.165) is 18.4 Å². The van der Waals surface area contributed by atoms with Crippen molar-refractivity contribution in [1.29, 1.82) is 0 Å². The van der Waals surface area contributed by atoms with Crippen LogP contribution in [0, 0.1) is 5.92 Å². The number of halogens is 2. The third-order valence-corrected chi connectivity index (χ3v) is 3.17. The average Bonchev–Trinajstić information content (AvgIpc) is 2.44. The fourth-order valence-electron chi connectivity index (χ4n) is 2.00. The zero-order chi connectivity index (χ0) is 15.5. The van der Waals surface area contributed by atoms with Crippen LogP contribution in [0.3, 0.4) is 0 Å². The molecular formula is C18H24F2O. The first-order chi connectivity index (χ1) is 10.1. The zero-order valence-corrected chi connectivity index (χ0v) is 12.9. The fourth-order valence-corrected chi connectivity index (χ4v) is 2.00. The molecule has 116 valence electrons. The van der Waals surface area contributed by atoms with E-state index >= 15 is 0 Å². The van der Waals surface area contributed by atoms with E-state index in [2.05, 4.69) is 19.6 Å². The molecule has 0 radical (unpaired) electrons. The summed E-state index contributed by atoms with van der Waals surface area (Å²) in [4.78, 5) is 0. The first-order valence-electron chi connectivity index (χ1n) is 7.49. The fraction of sp³-hybridized carbons (Fsp3) is 0.500. The second-order valence-electron chi connectivity index (χ2n) is 5.56. The molecule has 1 nitrogen and oxygen atoms in total. The van der Waals surface area contributed by atoms with E-state index in [-0.39, 0.29) is 0 Å². The lowest BCUT2D eigenvalue weighted by Gasteiger charge is -2.08. The molecule has 0 heterocycles. The molecule has 21 heavy (non-hydrogen) atoms. The molecule has 0 N–H and O–H groups in total. The van der Waals surface area contributed by atoms with Gasteiger partial charge in [-0.25, -0.2) is 0 Å². The van der Waals surface area contributed by atoms with Gasteiger partial charge >= 0.3 is 6.08 Å². The van der Waals surface area contributed by atoms with Crippen LogP contribution in [0.15, 0.2) is 47.7 Å². The van der Waals surface area contributed by atoms with Crippen molar-refractivity contribution in [1.82, 2.24) is 0 Å². The summed E-state index contributed by atoms with van der Waals surface area (Å²) in [5, 5.41) is 0. The van der Waals surface area contributed by atoms with Crippen molar-refractivity contribution < 1.29 is 13.5 Å². The normalized spacial score (nSPS) is 10.5. The minimum Gasteiger partial charge on any atom is -0.377 e. The van der Waals surface area contributed by atoms with Gasteiger partial charge in [-0.3, -0.25) is 0 Å². The highest BCUT2D eigenvalue weighted by molar-refractivity contribution is 5.13. The van der Waals surface area contributed by atoms with Crippen molar-refractivity contribution in [2.24, 2.45) is 5.92 Å². The smallest absolute Gasteiger partial charge is 0.313 e. The Morgan fingerprint density at radius 2 is 1.86 bits per heavy atom. The topological polar surface area (TPSA) is 9.23 Å². The average molecular weight is 294 g/mol. The van der Waals surface area contributed by atoms with Crippen LogP contribution in [0.2, 0.25) is 0 Å². The van der Waals surface area contributed by atoms with E-state index in [1.165, 1.54) is 0 Å². The van der Waals surface area contributed by atoms with Crippen molar-refractivity contribution >= 4 is 0 Å². The molecule has 3 heteroatoms. The summed E-state index contributed by atoms with van der Waals surface area (Å²) < 4.78 is 30.3. The predicted octanol–water partition coefficient (Wildman–Crippen LogP) is 5.73. The van der Waals surface area contributed by atoms with Crippen molar-refractivity contribution in [3.05, 3.63) is 53.3 Å². The SMILES string of the molecule is CC(C)CCC(=C=C(F)F)CCCOCc1ccccc1. The standard InChI is InChI=1S/C18H24F2O/c1-15(2)10-11-16(13-18(19)20)9-6-12-21-14-17-7-4-3-5-8-17/h3-5,7-8,15H,6,9-12,14H2,1-2H3. The molecule has 0 saturated heterocycles. The summed E-state index contributed by atoms with van der Waals surface area (Å²) >= 11 is 0. The largest absolute Gasteiger partial charge is 0.377 e. The summed E-state index contributed by atoms with van der Waals surface area (Å²) in [5.41, 5.74) is 4.02. The number of benzene rings is 1. The van der Waals surface area contributed by atoms with Gasteiger partial charge in [-0.05, 0) is 42.7 Å². The molecule has 1 aromatic carbocycles. The Morgan fingerprint density at radius 1 is 1.14 bits per heavy atom. The van der Waals surface area contributed by atoms with Crippen LogP contribution in [0.5, 0.6) is 0 Å². The maximum absolute atomic E-state index is 12.4. The quantitative estimate of drug-likeness (QED) is 0.418. The minimum atomic E-state index is -1.72. The molecule has 0 unspecified atom stereocenters. The molecule has 0 fully saturated rings. The maximum atomic E-state index is 12.4. The summed E-state index contributed by atoms with van der Waals surface area (Å²) in [7, 11) is 0. The molecule has 0 bridgehead atoms. The van der Waals surface area contributed by atoms with E-state index in [4.69, 9.17) is 4.74 Å². The van der Waals surface area contributed by atoms with Crippen LogP contribution in [-0.2, 0) is 11.3 Å². The Bertz CT molecular complexity index is 455. The van der Waals surface area contributed by atoms with Gasteiger partial charge in [0.1, 0.15) is 0 Å². The van der Waals surface area contributed by atoms with Gasteiger partial charge in [-0.15, -0.1) is 0 Å². The summed E-state index contributed by atoms with van der Waals surface area (Å²) in [6, 6.07) is 9.93. The van der Waals surface area contributed by atoms with Crippen LogP contribution in [-0.4, -0.2) is 6.61 Å². The molecule has 1 aromatic rings. The molecule has 0 spiro atoms. The van der Waals surface area contributed by atoms with Gasteiger partial charge in [0.2, 0.25) is 0 Å². The van der Waals surface area contributed by atoms with Gasteiger partial charge in [0, 0.05) is 6.61 Å². The number of hydrogen-bond donors (Lipinski definition) is 0. The Labute approximate surface area is 126 Å². The van der Waals surface area contributed by atoms with Gasteiger partial charge < -0.3 is 4.74 Å². The highest BCUT2D eigenvalue weighted by Crippen LogP contribution is 2.17. The Balaban J connectivity index is 2.29. The molecule has 0 atom stereocenters. The highest BCUT2D eigenvalue weighted by atomic mass is 19.3. The molecule has 0 aliphatic carbocycles. The van der Waals surface area contributed by atoms with Crippen LogP contribution in [0.4, 0.5) is 8.78 Å². The van der Waals surface area contributed by atoms with Crippen molar-refractivity contribution in [3.8, 4) is 0 Å². The molecular weight excluding hydrogens is 270 g/mol. The number of hydrogen-bond acceptors (Lipinski definition) is 1. The second kappa shape index (κ2) is 10.3. The van der Waals surface area contributed by atoms with Crippen LogP contribution >= 0.6 is 0 Å². The maximum Gasteiger partial charge on any atom is 0.313 e. The van der Waals surface area contributed by atoms with Gasteiger partial charge in [0.15, 0.2) is 0 Å². The van der Waals surface area contributed by atoms with Crippen LogP contribution in [0.1, 0.15) is 45.1 Å². The molecule has 1 rings (SSSR count). The van der Waals surface area contributed by atoms with Crippen molar-refractivity contribution in [2.45, 2.75) is 46.1 Å². The van der Waals surface area contributed by atoms with Crippen LogP contribution in [0.25, 0.3) is 0 Å². The summed E-state index contributed by atoms with van der Waals surface area (Å²) in [6.45, 7) is 5.33. The Hall–Kier alpha value is -1.44. The summed E-state index contributed by atoms with van der Waals surface area (Å²) in [6.07, 6.45) is 1.26. The number of rotatable bonds is 9. The second-order valence-corrected chi connectivity index (χ2v) is 5.56. The van der Waals surface area contributed by atoms with E-state index in [0.29, 0.717) is 37.5 Å². The zero-order valence-electron chi connectivity index (χ0n) is 12.9. The van der Waals surface area contributed by atoms with E-state index in [9.17, 15) is 8.78 Å². The monoisotopic (exact) mass is 294 g/mol. The third-order valence-electron chi connectivity index (χ3n) is 3.17. The van der Waals surface area contributed by atoms with Crippen molar-refractivity contribution in [3.63, 3.8) is 0 Å². The molecule has 0 aromatic heterocycles. The molecule has 0 aliphatic rings. The Morgan fingerprint density at radius 3 is 2.48 bits per heavy atom. The lowest BCUT2D eigenvalue weighted by Crippen LogP contribution is -1.97. The number of ether oxygens (including phenoxy) is 1. The van der Waals surface area contributed by atoms with E-state index in [1.54, 1.807) is 0 Å². The van der Waals surface area contributed by atoms with Crippen LogP contribution < -0.4 is 0 Å². The minimum absolute atomic E-state index is 0.513. The highest BCUT2D eigenvalue weighted by Gasteiger charge is 2.02. The first-order valence-corrected chi connectivity index (χ1v) is 7.49. The molecule has 0 amide bonds. The lowest BCUT2D eigenvalue weighted by atomic mass is 10.0. The van der Waals surface area contributed by atoms with Gasteiger partial charge in [0.05, 0.1) is 6.61 Å². The van der Waals surface area contributed by atoms with Crippen molar-refractivity contribution in [2.75, 3.05) is 6.61 Å². The molecule has 0 saturated carbocycles. The van der Waals surface area contributed by atoms with Gasteiger partial charge in [-0.1, -0.05) is 49.9 Å². The molecule has 0 aliphatic heterocycles. The Kier molecular flexibility index (Phi) is 8.65. The van der Waals surface area contributed by atoms with Gasteiger partial charge in [0.25, 0.3) is 0 Å². The predicted molar refractivity (Wildman–Crippen MR) is 82.2 cm³/mol. The lowest BCUT2D eigenvalue weighted by molar-refractivity contribution is 0.118. The van der Waals surface area contributed by atoms with E-state index in [1.807, 2.05) is 30.3 Å². The first kappa shape index (κ1) is 17.6. The number of allylic oxidation sites excluding steroid dienone is 1. The third kappa shape index (κ3) is 9.17. The van der Waals surface area contributed by atoms with Gasteiger partial charge in [-0.2, -0.15) is 8.78 Å². The summed E-state index contributed by atoms with van der Waals surface area (Å²) in [5.74, 6) is 0.513.